The number of H-pyrrole nitrogens is 1. The number of phenolic OH excluding ortho intramolecular Hbond substituents is 1. The van der Waals surface area contributed by atoms with E-state index in [0.29, 0.717) is 6.61 Å². The number of aromatic nitrogens is 1. The van der Waals surface area contributed by atoms with Gasteiger partial charge in [0.25, 0.3) is 0 Å². The largest absolute Gasteiger partial charge is 0.508 e. The minimum Gasteiger partial charge on any atom is -0.508 e. The van der Waals surface area contributed by atoms with Gasteiger partial charge in [-0.25, -0.2) is 0 Å². The first-order chi connectivity index (χ1) is 9.22. The van der Waals surface area contributed by atoms with E-state index in [9.17, 15) is 5.11 Å². The highest BCUT2D eigenvalue weighted by molar-refractivity contribution is 5.83. The Labute approximate surface area is 111 Å². The van der Waals surface area contributed by atoms with Crippen LogP contribution in [0.15, 0.2) is 48.7 Å². The first-order valence-corrected chi connectivity index (χ1v) is 6.21. The zero-order valence-electron chi connectivity index (χ0n) is 10.7. The standard InChI is InChI=1S/C16H15NO2/c1-11-2-7-16-15(8-11)12(9-17-16)10-19-14-5-3-13(18)4-6-14/h2-9,17-18H,10H2,1H3. The number of hydrogen-bond donors (Lipinski definition) is 2. The van der Waals surface area contributed by atoms with Crippen molar-refractivity contribution in [1.82, 2.24) is 4.98 Å². The monoisotopic (exact) mass is 253 g/mol. The van der Waals surface area contributed by atoms with Gasteiger partial charge in [-0.05, 0) is 43.3 Å². The molecular formula is C16H15NO2. The van der Waals surface area contributed by atoms with Crippen LogP contribution in [0.2, 0.25) is 0 Å². The second kappa shape index (κ2) is 4.69. The third-order valence-electron chi connectivity index (χ3n) is 3.15. The van der Waals surface area contributed by atoms with Crippen molar-refractivity contribution < 1.29 is 9.84 Å². The molecule has 0 bridgehead atoms. The molecule has 1 aromatic heterocycles. The number of aryl methyl sites for hydroxylation is 1. The van der Waals surface area contributed by atoms with Crippen molar-refractivity contribution in [2.45, 2.75) is 13.5 Å². The summed E-state index contributed by atoms with van der Waals surface area (Å²) in [5.41, 5.74) is 3.49. The molecule has 0 aliphatic rings. The van der Waals surface area contributed by atoms with Crippen molar-refractivity contribution in [2.75, 3.05) is 0 Å². The summed E-state index contributed by atoms with van der Waals surface area (Å²) in [6.07, 6.45) is 1.98. The third-order valence-corrected chi connectivity index (χ3v) is 3.15. The Balaban J connectivity index is 1.81. The minimum atomic E-state index is 0.245. The number of aromatic amines is 1. The molecule has 3 aromatic rings. The maximum atomic E-state index is 9.22. The summed E-state index contributed by atoms with van der Waals surface area (Å²) in [5.74, 6) is 0.995. The molecule has 0 atom stereocenters. The Morgan fingerprint density at radius 2 is 1.89 bits per heavy atom. The van der Waals surface area contributed by atoms with Gasteiger partial charge in [0.05, 0.1) is 0 Å². The Hall–Kier alpha value is -2.42. The predicted molar refractivity (Wildman–Crippen MR) is 75.5 cm³/mol. The van der Waals surface area contributed by atoms with E-state index in [1.165, 1.54) is 10.9 Å². The van der Waals surface area contributed by atoms with Gasteiger partial charge in [-0.3, -0.25) is 0 Å². The number of ether oxygens (including phenoxy) is 1. The third kappa shape index (κ3) is 2.40. The number of phenols is 1. The smallest absolute Gasteiger partial charge is 0.120 e. The molecule has 2 N–H and O–H groups in total. The molecule has 3 nitrogen and oxygen atoms in total. The van der Waals surface area contributed by atoms with E-state index in [0.717, 1.165) is 16.8 Å². The fourth-order valence-electron chi connectivity index (χ4n) is 2.12. The highest BCUT2D eigenvalue weighted by Gasteiger charge is 2.04. The Morgan fingerprint density at radius 3 is 2.68 bits per heavy atom. The predicted octanol–water partition coefficient (Wildman–Crippen LogP) is 3.76. The van der Waals surface area contributed by atoms with Crippen LogP contribution in [0.4, 0.5) is 0 Å². The van der Waals surface area contributed by atoms with E-state index >= 15 is 0 Å². The normalized spacial score (nSPS) is 10.8. The molecule has 0 saturated heterocycles. The summed E-state index contributed by atoms with van der Waals surface area (Å²) >= 11 is 0. The zero-order valence-corrected chi connectivity index (χ0v) is 10.7. The molecular weight excluding hydrogens is 238 g/mol. The molecule has 1 heterocycles. The lowest BCUT2D eigenvalue weighted by molar-refractivity contribution is 0.307. The average Bonchev–Trinajstić information content (AvgIpc) is 2.80. The number of aromatic hydroxyl groups is 1. The number of rotatable bonds is 3. The quantitative estimate of drug-likeness (QED) is 0.746. The second-order valence-corrected chi connectivity index (χ2v) is 4.65. The highest BCUT2D eigenvalue weighted by atomic mass is 16.5. The fourth-order valence-corrected chi connectivity index (χ4v) is 2.12. The molecule has 19 heavy (non-hydrogen) atoms. The van der Waals surface area contributed by atoms with Crippen molar-refractivity contribution in [1.29, 1.82) is 0 Å². The van der Waals surface area contributed by atoms with E-state index < -0.39 is 0 Å². The minimum absolute atomic E-state index is 0.245. The number of fused-ring (bicyclic) bond motifs is 1. The first kappa shape index (κ1) is 11.7. The molecule has 0 fully saturated rings. The maximum absolute atomic E-state index is 9.22. The zero-order chi connectivity index (χ0) is 13.2. The lowest BCUT2D eigenvalue weighted by Crippen LogP contribution is -1.94. The van der Waals surface area contributed by atoms with Gasteiger partial charge in [-0.2, -0.15) is 0 Å². The molecule has 3 rings (SSSR count). The van der Waals surface area contributed by atoms with Crippen LogP contribution >= 0.6 is 0 Å². The van der Waals surface area contributed by atoms with Crippen LogP contribution in [-0.4, -0.2) is 10.1 Å². The molecule has 0 amide bonds. The molecule has 96 valence electrons. The molecule has 0 unspecified atom stereocenters. The maximum Gasteiger partial charge on any atom is 0.120 e. The van der Waals surface area contributed by atoms with Crippen LogP contribution in [0.1, 0.15) is 11.1 Å². The van der Waals surface area contributed by atoms with Gasteiger partial charge in [0.15, 0.2) is 0 Å². The van der Waals surface area contributed by atoms with Crippen molar-refractivity contribution >= 4 is 10.9 Å². The second-order valence-electron chi connectivity index (χ2n) is 4.65. The lowest BCUT2D eigenvalue weighted by Gasteiger charge is -2.05. The summed E-state index contributed by atoms with van der Waals surface area (Å²) in [5, 5.41) is 10.4. The van der Waals surface area contributed by atoms with E-state index in [1.54, 1.807) is 24.3 Å². The van der Waals surface area contributed by atoms with Gasteiger partial charge < -0.3 is 14.8 Å². The van der Waals surface area contributed by atoms with E-state index in [-0.39, 0.29) is 5.75 Å². The molecule has 0 aliphatic carbocycles. The molecule has 0 aliphatic heterocycles. The van der Waals surface area contributed by atoms with E-state index in [1.807, 2.05) is 6.20 Å². The van der Waals surface area contributed by atoms with Gasteiger partial charge in [-0.15, -0.1) is 0 Å². The number of hydrogen-bond acceptors (Lipinski definition) is 2. The van der Waals surface area contributed by atoms with E-state index in [4.69, 9.17) is 4.74 Å². The molecule has 0 saturated carbocycles. The first-order valence-electron chi connectivity index (χ1n) is 6.21. The van der Waals surface area contributed by atoms with Crippen molar-refractivity contribution in [3.8, 4) is 11.5 Å². The number of nitrogens with one attached hydrogen (secondary N) is 1. The summed E-state index contributed by atoms with van der Waals surface area (Å²) < 4.78 is 5.72. The lowest BCUT2D eigenvalue weighted by atomic mass is 10.1. The average molecular weight is 253 g/mol. The Morgan fingerprint density at radius 1 is 1.11 bits per heavy atom. The van der Waals surface area contributed by atoms with Crippen LogP contribution in [-0.2, 0) is 6.61 Å². The molecule has 0 radical (unpaired) electrons. The molecule has 2 aromatic carbocycles. The van der Waals surface area contributed by atoms with Crippen LogP contribution in [0.5, 0.6) is 11.5 Å². The Kier molecular flexibility index (Phi) is 2.88. The number of benzene rings is 2. The van der Waals surface area contributed by atoms with Crippen LogP contribution < -0.4 is 4.74 Å². The van der Waals surface area contributed by atoms with Gasteiger partial charge in [0.1, 0.15) is 18.1 Å². The summed E-state index contributed by atoms with van der Waals surface area (Å²) in [7, 11) is 0. The highest BCUT2D eigenvalue weighted by Crippen LogP contribution is 2.22. The SMILES string of the molecule is Cc1ccc2[nH]cc(COc3ccc(O)cc3)c2c1. The van der Waals surface area contributed by atoms with Crippen molar-refractivity contribution in [3.05, 3.63) is 59.8 Å². The van der Waals surface area contributed by atoms with Crippen LogP contribution in [0.3, 0.4) is 0 Å². The van der Waals surface area contributed by atoms with Crippen molar-refractivity contribution in [3.63, 3.8) is 0 Å². The summed E-state index contributed by atoms with van der Waals surface area (Å²) in [6, 6.07) is 13.1. The van der Waals surface area contributed by atoms with Gasteiger partial charge >= 0.3 is 0 Å². The van der Waals surface area contributed by atoms with Crippen LogP contribution in [0.25, 0.3) is 10.9 Å². The van der Waals surface area contributed by atoms with Crippen molar-refractivity contribution in [2.24, 2.45) is 0 Å². The fraction of sp³-hybridized carbons (Fsp3) is 0.125. The summed E-state index contributed by atoms with van der Waals surface area (Å²) in [6.45, 7) is 2.59. The van der Waals surface area contributed by atoms with Gasteiger partial charge in [0, 0.05) is 22.7 Å². The van der Waals surface area contributed by atoms with E-state index in [2.05, 4.69) is 30.1 Å². The molecule has 3 heteroatoms. The van der Waals surface area contributed by atoms with Gasteiger partial charge in [-0.1, -0.05) is 11.6 Å². The Bertz CT molecular complexity index is 698. The molecule has 0 spiro atoms. The van der Waals surface area contributed by atoms with Gasteiger partial charge in [0.2, 0.25) is 0 Å². The topological polar surface area (TPSA) is 45.2 Å². The van der Waals surface area contributed by atoms with Crippen LogP contribution in [0, 0.1) is 6.92 Å². The summed E-state index contributed by atoms with van der Waals surface area (Å²) in [4.78, 5) is 3.24.